The molecule has 0 radical (unpaired) electrons. The fraction of sp³-hybridized carbons (Fsp3) is 0.196. The molecule has 0 bridgehead atoms. The van der Waals surface area contributed by atoms with E-state index in [0.29, 0.717) is 28.5 Å². The number of benzene rings is 5. The summed E-state index contributed by atoms with van der Waals surface area (Å²) in [4.78, 5) is 81.3. The number of hydrogen-bond acceptors (Lipinski definition) is 9. The molecular formula is C46H42F4N8O5S2. The highest BCUT2D eigenvalue weighted by Gasteiger charge is 2.29. The van der Waals surface area contributed by atoms with Gasteiger partial charge in [-0.2, -0.15) is 0 Å². The number of rotatable bonds is 15. The lowest BCUT2D eigenvalue weighted by atomic mass is 10.0. The Morgan fingerprint density at radius 1 is 0.631 bits per heavy atom. The number of aromatic nitrogens is 4. The molecule has 0 aliphatic rings. The monoisotopic (exact) mass is 926 g/mol. The second kappa shape index (κ2) is 18.8. The Balaban J connectivity index is 0.00000370. The molecule has 0 saturated heterocycles. The van der Waals surface area contributed by atoms with E-state index < -0.39 is 77.8 Å². The van der Waals surface area contributed by atoms with E-state index in [9.17, 15) is 41.5 Å². The summed E-state index contributed by atoms with van der Waals surface area (Å²) in [5.74, 6) is -6.06. The molecule has 19 heteroatoms. The van der Waals surface area contributed by atoms with Crippen LogP contribution < -0.4 is 26.1 Å². The predicted octanol–water partition coefficient (Wildman–Crippen LogP) is 7.24. The van der Waals surface area contributed by atoms with Gasteiger partial charge in [-0.1, -0.05) is 12.1 Å². The maximum atomic E-state index is 14.3. The average molecular weight is 927 g/mol. The summed E-state index contributed by atoms with van der Waals surface area (Å²) in [6, 6.07) is 20.1. The molecule has 3 aromatic heterocycles. The third-order valence-electron chi connectivity index (χ3n) is 10.9. The molecule has 336 valence electrons. The van der Waals surface area contributed by atoms with Gasteiger partial charge in [0.05, 0.1) is 42.5 Å². The van der Waals surface area contributed by atoms with E-state index >= 15 is 0 Å². The van der Waals surface area contributed by atoms with Crippen molar-refractivity contribution in [2.75, 3.05) is 23.9 Å². The lowest BCUT2D eigenvalue weighted by Crippen LogP contribution is -2.50. The Labute approximate surface area is 378 Å². The minimum absolute atomic E-state index is 0. The van der Waals surface area contributed by atoms with Crippen LogP contribution in [0.2, 0.25) is 0 Å². The quantitative estimate of drug-likeness (QED) is 0.103. The topological polar surface area (TPSA) is 152 Å². The second-order valence-electron chi connectivity index (χ2n) is 15.3. The van der Waals surface area contributed by atoms with Crippen molar-refractivity contribution in [3.63, 3.8) is 0 Å². The van der Waals surface area contributed by atoms with Crippen LogP contribution >= 0.6 is 22.7 Å². The number of aryl methyl sites for hydroxylation is 1. The van der Waals surface area contributed by atoms with E-state index in [1.807, 2.05) is 6.07 Å². The lowest BCUT2D eigenvalue weighted by Gasteiger charge is -2.25. The second-order valence-corrected chi connectivity index (χ2v) is 17.1. The van der Waals surface area contributed by atoms with Crippen LogP contribution in [0.5, 0.6) is 0 Å². The molecule has 0 aliphatic carbocycles. The van der Waals surface area contributed by atoms with Gasteiger partial charge < -0.3 is 20.4 Å². The molecule has 0 unspecified atom stereocenters. The number of amides is 4. The van der Waals surface area contributed by atoms with E-state index in [-0.39, 0.29) is 44.3 Å². The number of thiazole rings is 2. The van der Waals surface area contributed by atoms with Crippen molar-refractivity contribution < 1.29 is 39.6 Å². The van der Waals surface area contributed by atoms with Crippen molar-refractivity contribution in [3.8, 4) is 0 Å². The Kier molecular flexibility index (Phi) is 12.9. The van der Waals surface area contributed by atoms with Crippen LogP contribution in [-0.4, -0.2) is 68.9 Å². The van der Waals surface area contributed by atoms with Gasteiger partial charge in [-0.15, -0.1) is 22.7 Å². The van der Waals surface area contributed by atoms with Gasteiger partial charge in [-0.25, -0.2) is 32.3 Å². The first kappa shape index (κ1) is 44.4. The van der Waals surface area contributed by atoms with E-state index in [4.69, 9.17) is 0 Å². The average Bonchev–Trinajstić information content (AvgIpc) is 4.01. The standard InChI is InChI=1S/C46H38F4N8O5S2.2H2/c1-55(32-8-11-40-35(20-32)51-24-64-40)44(61)34(10-7-26-13-28(47)18-29(48)14-26)53-42(59)22-57-38-5-3-4-6-39(38)58(46(57)63)23-43(60)54-37(17-27-15-30(49)19-31(50)16-27)45(62)56(2)33-9-12-41-36(21-33)52-25-65-41;;/h3-6,8-9,11-16,18-21,24-25,34,37H,7,10,17,22-23H2,1-2H3,(H,53,59)(H,54,60);2*1H/t34-,37-;;/m0../s1. The number of nitrogens with one attached hydrogen (secondary N) is 2. The van der Waals surface area contributed by atoms with Crippen LogP contribution in [-0.2, 0) is 45.1 Å². The highest BCUT2D eigenvalue weighted by Crippen LogP contribution is 2.26. The molecule has 2 atom stereocenters. The minimum atomic E-state index is -1.35. The zero-order chi connectivity index (χ0) is 45.9. The molecule has 0 saturated carbocycles. The zero-order valence-electron chi connectivity index (χ0n) is 34.6. The summed E-state index contributed by atoms with van der Waals surface area (Å²) in [5.41, 5.74) is 5.69. The van der Waals surface area contributed by atoms with Crippen molar-refractivity contribution in [3.05, 3.63) is 153 Å². The molecule has 2 N–H and O–H groups in total. The van der Waals surface area contributed by atoms with Crippen LogP contribution in [0.4, 0.5) is 28.9 Å². The zero-order valence-corrected chi connectivity index (χ0v) is 36.3. The number of likely N-dealkylation sites (N-methyl/N-ethyl adjacent to an activating group) is 2. The highest BCUT2D eigenvalue weighted by molar-refractivity contribution is 7.17. The van der Waals surface area contributed by atoms with Crippen LogP contribution in [0.25, 0.3) is 31.5 Å². The number of para-hydroxylation sites is 2. The van der Waals surface area contributed by atoms with Crippen molar-refractivity contribution in [1.29, 1.82) is 0 Å². The molecule has 65 heavy (non-hydrogen) atoms. The normalized spacial score (nSPS) is 12.3. The molecule has 0 fully saturated rings. The Morgan fingerprint density at radius 2 is 1.08 bits per heavy atom. The summed E-state index contributed by atoms with van der Waals surface area (Å²) >= 11 is 2.84. The first-order chi connectivity index (χ1) is 31.2. The van der Waals surface area contributed by atoms with Crippen LogP contribution in [0.3, 0.4) is 0 Å². The van der Waals surface area contributed by atoms with Gasteiger partial charge in [0.15, 0.2) is 0 Å². The summed E-state index contributed by atoms with van der Waals surface area (Å²) in [6.45, 7) is -1.22. The number of nitrogens with zero attached hydrogens (tertiary/aromatic N) is 6. The van der Waals surface area contributed by atoms with Gasteiger partial charge in [-0.3, -0.25) is 28.3 Å². The van der Waals surface area contributed by atoms with E-state index in [1.165, 1.54) is 46.6 Å². The Bertz CT molecular complexity index is 3160. The van der Waals surface area contributed by atoms with Crippen molar-refractivity contribution in [2.45, 2.75) is 44.4 Å². The van der Waals surface area contributed by atoms with Gasteiger partial charge in [0, 0.05) is 46.9 Å². The highest BCUT2D eigenvalue weighted by atomic mass is 32.1. The molecule has 8 aromatic rings. The van der Waals surface area contributed by atoms with Gasteiger partial charge in [-0.05, 0) is 96.8 Å². The number of anilines is 2. The lowest BCUT2D eigenvalue weighted by molar-refractivity contribution is -0.128. The van der Waals surface area contributed by atoms with Crippen LogP contribution in [0, 0.1) is 23.3 Å². The first-order valence-corrected chi connectivity index (χ1v) is 21.8. The van der Waals surface area contributed by atoms with Crippen molar-refractivity contribution in [2.24, 2.45) is 0 Å². The molecule has 5 aromatic carbocycles. The van der Waals surface area contributed by atoms with Gasteiger partial charge in [0.25, 0.3) is 0 Å². The summed E-state index contributed by atoms with van der Waals surface area (Å²) in [5, 5.41) is 5.37. The van der Waals surface area contributed by atoms with E-state index in [1.54, 1.807) is 65.6 Å². The summed E-state index contributed by atoms with van der Waals surface area (Å²) < 4.78 is 60.8. The smallest absolute Gasteiger partial charge is 0.330 e. The number of fused-ring (bicyclic) bond motifs is 3. The maximum absolute atomic E-state index is 14.3. The molecular weight excluding hydrogens is 885 g/mol. The van der Waals surface area contributed by atoms with E-state index in [0.717, 1.165) is 48.9 Å². The molecule has 13 nitrogen and oxygen atoms in total. The van der Waals surface area contributed by atoms with Crippen molar-refractivity contribution >= 4 is 89.1 Å². The van der Waals surface area contributed by atoms with E-state index in [2.05, 4.69) is 20.6 Å². The maximum Gasteiger partial charge on any atom is 0.330 e. The largest absolute Gasteiger partial charge is 0.343 e. The third-order valence-corrected chi connectivity index (χ3v) is 12.5. The van der Waals surface area contributed by atoms with Gasteiger partial charge >= 0.3 is 5.69 Å². The number of halogens is 4. The summed E-state index contributed by atoms with van der Waals surface area (Å²) in [6.07, 6.45) is -0.361. The number of hydrogen-bond donors (Lipinski definition) is 2. The Morgan fingerprint density at radius 3 is 1.57 bits per heavy atom. The number of imidazole rings is 1. The number of carbonyl (C=O) groups excluding carboxylic acids is 4. The number of carbonyl (C=O) groups is 4. The van der Waals surface area contributed by atoms with Gasteiger partial charge in [0.2, 0.25) is 23.6 Å². The minimum Gasteiger partial charge on any atom is -0.343 e. The Hall–Kier alpha value is -7.25. The summed E-state index contributed by atoms with van der Waals surface area (Å²) in [7, 11) is 3.01. The molecule has 4 amide bonds. The molecule has 0 spiro atoms. The first-order valence-electron chi connectivity index (χ1n) is 20.1. The predicted molar refractivity (Wildman–Crippen MR) is 245 cm³/mol. The molecule has 8 rings (SSSR count). The molecule has 3 heterocycles. The third kappa shape index (κ3) is 9.95. The fourth-order valence-electron chi connectivity index (χ4n) is 7.67. The SMILES string of the molecule is CN(C(=O)[C@H](CCc1cc(F)cc(F)c1)NC(=O)Cn1c(=O)n(CC(=O)N[C@@H](Cc2cc(F)cc(F)c2)C(=O)N(C)c2ccc3scnc3c2)c2ccccc21)c1ccc2scnc2c1.[HH].[HH]. The fourth-order valence-corrected chi connectivity index (χ4v) is 8.98. The van der Waals surface area contributed by atoms with Crippen molar-refractivity contribution in [1.82, 2.24) is 29.7 Å². The molecule has 0 aliphatic heterocycles. The van der Waals surface area contributed by atoms with Crippen LogP contribution in [0.15, 0.2) is 113 Å². The van der Waals surface area contributed by atoms with Gasteiger partial charge in [0.1, 0.15) is 48.4 Å². The van der Waals surface area contributed by atoms with Crippen LogP contribution in [0.1, 0.15) is 20.4 Å².